The van der Waals surface area contributed by atoms with Crippen LogP contribution in [0.5, 0.6) is 0 Å². The lowest BCUT2D eigenvalue weighted by atomic mass is 10.0. The lowest BCUT2D eigenvalue weighted by Crippen LogP contribution is -2.13. The number of benzene rings is 1. The number of ether oxygens (including phenoxy) is 1. The molecule has 0 amide bonds. The Hall–Kier alpha value is -0.600. The van der Waals surface area contributed by atoms with Gasteiger partial charge in [0.25, 0.3) is 0 Å². The molecule has 1 aliphatic carbocycles. The predicted octanol–water partition coefficient (Wildman–Crippen LogP) is 4.99. The third-order valence-electron chi connectivity index (χ3n) is 3.38. The van der Waals surface area contributed by atoms with Gasteiger partial charge in [-0.1, -0.05) is 52.3 Å². The molecule has 0 saturated carbocycles. The van der Waals surface area contributed by atoms with E-state index < -0.39 is 0 Å². The van der Waals surface area contributed by atoms with Crippen molar-refractivity contribution in [2.75, 3.05) is 0 Å². The van der Waals surface area contributed by atoms with Crippen molar-refractivity contribution in [3.05, 3.63) is 47.5 Å². The van der Waals surface area contributed by atoms with Crippen molar-refractivity contribution in [2.45, 2.75) is 50.1 Å². The number of allylic oxidation sites excluding steroid dienone is 2. The summed E-state index contributed by atoms with van der Waals surface area (Å²) < 4.78 is 6.03. The predicted molar refractivity (Wildman–Crippen MR) is 79.9 cm³/mol. The van der Waals surface area contributed by atoms with Crippen LogP contribution in [0.2, 0.25) is 0 Å². The molecule has 0 saturated heterocycles. The summed E-state index contributed by atoms with van der Waals surface area (Å²) in [5, 5.41) is 0.920. The topological polar surface area (TPSA) is 9.23 Å². The van der Waals surface area contributed by atoms with E-state index in [-0.39, 0.29) is 0 Å². The molecule has 1 unspecified atom stereocenters. The van der Waals surface area contributed by atoms with Gasteiger partial charge in [-0.15, -0.1) is 0 Å². The lowest BCUT2D eigenvalue weighted by molar-refractivity contribution is 0.0284. The second-order valence-corrected chi connectivity index (χ2v) is 5.42. The van der Waals surface area contributed by atoms with E-state index in [9.17, 15) is 0 Å². The molecule has 0 bridgehead atoms. The van der Waals surface area contributed by atoms with E-state index in [4.69, 9.17) is 4.74 Å². The van der Waals surface area contributed by atoms with Crippen LogP contribution >= 0.6 is 15.9 Å². The van der Waals surface area contributed by atoms with Gasteiger partial charge in [0.1, 0.15) is 0 Å². The first-order valence-electron chi connectivity index (χ1n) is 6.79. The number of hydrogen-bond donors (Lipinski definition) is 0. The maximum atomic E-state index is 6.03. The SMILES string of the molecule is BrCc1ccc(COC2CCC=CCCC2)cc1. The highest BCUT2D eigenvalue weighted by Crippen LogP contribution is 2.17. The van der Waals surface area contributed by atoms with Gasteiger partial charge in [-0.3, -0.25) is 0 Å². The average Bonchev–Trinajstić information content (AvgIpc) is 2.38. The van der Waals surface area contributed by atoms with Gasteiger partial charge in [0, 0.05) is 5.33 Å². The molecule has 18 heavy (non-hydrogen) atoms. The van der Waals surface area contributed by atoms with Crippen LogP contribution in [0, 0.1) is 0 Å². The van der Waals surface area contributed by atoms with Crippen LogP contribution < -0.4 is 0 Å². The molecule has 0 aromatic heterocycles. The summed E-state index contributed by atoms with van der Waals surface area (Å²) in [5.41, 5.74) is 2.59. The van der Waals surface area contributed by atoms with E-state index in [0.29, 0.717) is 6.10 Å². The Bertz CT molecular complexity index is 369. The van der Waals surface area contributed by atoms with Crippen LogP contribution in [-0.2, 0) is 16.7 Å². The zero-order chi connectivity index (χ0) is 12.6. The lowest BCUT2D eigenvalue weighted by Gasteiger charge is -2.18. The maximum Gasteiger partial charge on any atom is 0.0720 e. The Labute approximate surface area is 118 Å². The summed E-state index contributed by atoms with van der Waals surface area (Å²) in [6.07, 6.45) is 11.0. The monoisotopic (exact) mass is 308 g/mol. The van der Waals surface area contributed by atoms with Crippen LogP contribution in [0.15, 0.2) is 36.4 Å². The Balaban J connectivity index is 1.80. The van der Waals surface area contributed by atoms with Gasteiger partial charge < -0.3 is 4.74 Å². The molecule has 0 fully saturated rings. The Kier molecular flexibility index (Phi) is 5.95. The molecule has 2 rings (SSSR count). The smallest absolute Gasteiger partial charge is 0.0720 e. The van der Waals surface area contributed by atoms with E-state index in [0.717, 1.165) is 24.8 Å². The molecule has 0 heterocycles. The van der Waals surface area contributed by atoms with Crippen molar-refractivity contribution in [3.63, 3.8) is 0 Å². The zero-order valence-corrected chi connectivity index (χ0v) is 12.4. The van der Waals surface area contributed by atoms with Crippen molar-refractivity contribution in [1.29, 1.82) is 0 Å². The third-order valence-corrected chi connectivity index (χ3v) is 4.03. The Morgan fingerprint density at radius 3 is 2.50 bits per heavy atom. The van der Waals surface area contributed by atoms with Gasteiger partial charge in [0.2, 0.25) is 0 Å². The van der Waals surface area contributed by atoms with Gasteiger partial charge in [0.05, 0.1) is 12.7 Å². The molecule has 0 radical (unpaired) electrons. The molecular weight excluding hydrogens is 288 g/mol. The van der Waals surface area contributed by atoms with Gasteiger partial charge in [-0.05, 0) is 43.2 Å². The second kappa shape index (κ2) is 7.75. The van der Waals surface area contributed by atoms with Crippen LogP contribution in [0.3, 0.4) is 0 Å². The fourth-order valence-electron chi connectivity index (χ4n) is 2.23. The molecular formula is C16H21BrO. The minimum atomic E-state index is 0.436. The Morgan fingerprint density at radius 2 is 1.72 bits per heavy atom. The van der Waals surface area contributed by atoms with Crippen LogP contribution in [0.4, 0.5) is 0 Å². The third kappa shape index (κ3) is 4.58. The van der Waals surface area contributed by atoms with E-state index >= 15 is 0 Å². The minimum Gasteiger partial charge on any atom is -0.374 e. The summed E-state index contributed by atoms with van der Waals surface area (Å²) in [6.45, 7) is 0.747. The quantitative estimate of drug-likeness (QED) is 0.562. The van der Waals surface area contributed by atoms with E-state index in [1.165, 1.54) is 30.4 Å². The molecule has 0 spiro atoms. The highest BCUT2D eigenvalue weighted by molar-refractivity contribution is 9.08. The molecule has 1 nitrogen and oxygen atoms in total. The summed E-state index contributed by atoms with van der Waals surface area (Å²) in [6, 6.07) is 8.65. The summed E-state index contributed by atoms with van der Waals surface area (Å²) >= 11 is 3.46. The highest BCUT2D eigenvalue weighted by atomic mass is 79.9. The van der Waals surface area contributed by atoms with Crippen molar-refractivity contribution in [1.82, 2.24) is 0 Å². The molecule has 1 aliphatic rings. The van der Waals surface area contributed by atoms with E-state index in [1.54, 1.807) is 0 Å². The molecule has 98 valence electrons. The fraction of sp³-hybridized carbons (Fsp3) is 0.500. The Morgan fingerprint density at radius 1 is 1.00 bits per heavy atom. The molecule has 2 heteroatoms. The molecule has 1 aromatic carbocycles. The van der Waals surface area contributed by atoms with Crippen molar-refractivity contribution >= 4 is 15.9 Å². The number of rotatable bonds is 4. The normalized spacial score (nSPS) is 20.4. The first kappa shape index (κ1) is 13.8. The molecule has 0 N–H and O–H groups in total. The van der Waals surface area contributed by atoms with Crippen molar-refractivity contribution in [2.24, 2.45) is 0 Å². The van der Waals surface area contributed by atoms with E-state index in [1.807, 2.05) is 0 Å². The van der Waals surface area contributed by atoms with Gasteiger partial charge in [-0.25, -0.2) is 0 Å². The fourth-order valence-corrected chi connectivity index (χ4v) is 2.60. The highest BCUT2D eigenvalue weighted by Gasteiger charge is 2.09. The van der Waals surface area contributed by atoms with Gasteiger partial charge in [0.15, 0.2) is 0 Å². The summed E-state index contributed by atoms with van der Waals surface area (Å²) in [4.78, 5) is 0. The summed E-state index contributed by atoms with van der Waals surface area (Å²) in [5.74, 6) is 0. The number of hydrogen-bond acceptors (Lipinski definition) is 1. The molecule has 1 aromatic rings. The molecule has 0 aliphatic heterocycles. The number of alkyl halides is 1. The second-order valence-electron chi connectivity index (χ2n) is 4.86. The largest absolute Gasteiger partial charge is 0.374 e. The van der Waals surface area contributed by atoms with Crippen LogP contribution in [0.1, 0.15) is 43.2 Å². The average molecular weight is 309 g/mol. The zero-order valence-electron chi connectivity index (χ0n) is 10.8. The van der Waals surface area contributed by atoms with Crippen molar-refractivity contribution < 1.29 is 4.74 Å². The van der Waals surface area contributed by atoms with Crippen LogP contribution in [0.25, 0.3) is 0 Å². The van der Waals surface area contributed by atoms with Crippen molar-refractivity contribution in [3.8, 4) is 0 Å². The summed E-state index contributed by atoms with van der Waals surface area (Å²) in [7, 11) is 0. The minimum absolute atomic E-state index is 0.436. The molecule has 1 atom stereocenters. The van der Waals surface area contributed by atoms with Gasteiger partial charge >= 0.3 is 0 Å². The maximum absolute atomic E-state index is 6.03. The van der Waals surface area contributed by atoms with Gasteiger partial charge in [-0.2, -0.15) is 0 Å². The van der Waals surface area contributed by atoms with E-state index in [2.05, 4.69) is 52.3 Å². The van der Waals surface area contributed by atoms with Crippen LogP contribution in [-0.4, -0.2) is 6.10 Å². The standard InChI is InChI=1S/C16H21BrO/c17-12-14-8-10-15(11-9-14)13-18-16-6-4-2-1-3-5-7-16/h1-2,8-11,16H,3-7,12-13H2. The first-order valence-corrected chi connectivity index (χ1v) is 7.91. The first-order chi connectivity index (χ1) is 8.88. The number of halogens is 1.